The van der Waals surface area contributed by atoms with E-state index in [1.54, 1.807) is 4.68 Å². The van der Waals surface area contributed by atoms with Crippen molar-refractivity contribution in [3.05, 3.63) is 29.8 Å². The van der Waals surface area contributed by atoms with Gasteiger partial charge in [-0.25, -0.2) is 0 Å². The number of hydrogen-bond donors (Lipinski definition) is 0. The number of rotatable bonds is 4. The van der Waals surface area contributed by atoms with Gasteiger partial charge in [0.05, 0.1) is 11.4 Å². The molecule has 7 heteroatoms. The number of benzene rings is 1. The third-order valence-electron chi connectivity index (χ3n) is 4.02. The van der Waals surface area contributed by atoms with Crippen LogP contribution in [0.1, 0.15) is 25.3 Å². The summed E-state index contributed by atoms with van der Waals surface area (Å²) in [6, 6.07) is 7.99. The predicted octanol–water partition coefficient (Wildman–Crippen LogP) is 2.32. The third kappa shape index (κ3) is 3.90. The van der Waals surface area contributed by atoms with Crippen molar-refractivity contribution in [1.82, 2.24) is 25.1 Å². The molecule has 1 aromatic heterocycles. The van der Waals surface area contributed by atoms with Crippen molar-refractivity contribution in [2.75, 3.05) is 18.8 Å². The number of carbonyl (C=O) groups is 1. The summed E-state index contributed by atoms with van der Waals surface area (Å²) in [5.41, 5.74) is 2.06. The zero-order valence-corrected chi connectivity index (χ0v) is 14.3. The largest absolute Gasteiger partial charge is 0.342 e. The van der Waals surface area contributed by atoms with Crippen molar-refractivity contribution in [2.45, 2.75) is 31.8 Å². The number of hydrogen-bond acceptors (Lipinski definition) is 5. The first kappa shape index (κ1) is 16.0. The van der Waals surface area contributed by atoms with Gasteiger partial charge in [0.15, 0.2) is 0 Å². The van der Waals surface area contributed by atoms with Gasteiger partial charge in [-0.05, 0) is 53.8 Å². The Balaban J connectivity index is 1.65. The average Bonchev–Trinajstić information content (AvgIpc) is 3.01. The first-order valence-electron chi connectivity index (χ1n) is 7.89. The number of aromatic nitrogens is 4. The first-order valence-corrected chi connectivity index (χ1v) is 8.88. The number of aryl methyl sites for hydroxylation is 1. The summed E-state index contributed by atoms with van der Waals surface area (Å²) in [6.45, 7) is 5.96. The molecule has 0 aliphatic carbocycles. The van der Waals surface area contributed by atoms with Gasteiger partial charge in [0.1, 0.15) is 0 Å². The minimum Gasteiger partial charge on any atom is -0.342 e. The summed E-state index contributed by atoms with van der Waals surface area (Å²) in [5, 5.41) is 12.5. The van der Waals surface area contributed by atoms with E-state index in [0.29, 0.717) is 16.8 Å². The number of nitrogens with zero attached hydrogens (tertiary/aromatic N) is 5. The molecule has 23 heavy (non-hydrogen) atoms. The maximum atomic E-state index is 12.4. The number of piperidine rings is 1. The minimum absolute atomic E-state index is 0.167. The highest BCUT2D eigenvalue weighted by atomic mass is 32.2. The Morgan fingerprint density at radius 2 is 2.30 bits per heavy atom. The van der Waals surface area contributed by atoms with Gasteiger partial charge in [-0.15, -0.1) is 5.10 Å². The van der Waals surface area contributed by atoms with Crippen molar-refractivity contribution < 1.29 is 4.79 Å². The van der Waals surface area contributed by atoms with Gasteiger partial charge < -0.3 is 4.90 Å². The van der Waals surface area contributed by atoms with Crippen LogP contribution in [0.5, 0.6) is 0 Å². The summed E-state index contributed by atoms with van der Waals surface area (Å²) in [6.07, 6.45) is 2.31. The van der Waals surface area contributed by atoms with Crippen LogP contribution < -0.4 is 0 Å². The maximum Gasteiger partial charge on any atom is 0.233 e. The van der Waals surface area contributed by atoms with Crippen molar-refractivity contribution in [1.29, 1.82) is 0 Å². The molecule has 0 bridgehead atoms. The SMILES string of the molecule is Cc1cccc(-n2nnnc2SCC(=O)N2CCCC(C)C2)c1. The molecular formula is C16H21N5OS. The maximum absolute atomic E-state index is 12.4. The highest BCUT2D eigenvalue weighted by Gasteiger charge is 2.21. The monoisotopic (exact) mass is 331 g/mol. The second-order valence-electron chi connectivity index (χ2n) is 6.09. The molecule has 6 nitrogen and oxygen atoms in total. The lowest BCUT2D eigenvalue weighted by Crippen LogP contribution is -2.40. The molecular weight excluding hydrogens is 310 g/mol. The molecule has 1 atom stereocenters. The quantitative estimate of drug-likeness (QED) is 0.805. The van der Waals surface area contributed by atoms with Gasteiger partial charge in [-0.1, -0.05) is 30.8 Å². The fourth-order valence-corrected chi connectivity index (χ4v) is 3.62. The van der Waals surface area contributed by atoms with Crippen molar-refractivity contribution >= 4 is 17.7 Å². The summed E-state index contributed by atoms with van der Waals surface area (Å²) >= 11 is 1.39. The highest BCUT2D eigenvalue weighted by Crippen LogP contribution is 2.21. The van der Waals surface area contributed by atoms with Gasteiger partial charge in [-0.3, -0.25) is 4.79 Å². The van der Waals surface area contributed by atoms with Crippen LogP contribution in [0, 0.1) is 12.8 Å². The number of thioether (sulfide) groups is 1. The first-order chi connectivity index (χ1) is 11.1. The molecule has 1 aliphatic heterocycles. The Morgan fingerprint density at radius 3 is 3.09 bits per heavy atom. The lowest BCUT2D eigenvalue weighted by atomic mass is 10.0. The van der Waals surface area contributed by atoms with Crippen LogP contribution >= 0.6 is 11.8 Å². The lowest BCUT2D eigenvalue weighted by Gasteiger charge is -2.30. The molecule has 0 saturated carbocycles. The number of likely N-dealkylation sites (tertiary alicyclic amines) is 1. The van der Waals surface area contributed by atoms with E-state index in [-0.39, 0.29) is 5.91 Å². The fraction of sp³-hybridized carbons (Fsp3) is 0.500. The Morgan fingerprint density at radius 1 is 1.43 bits per heavy atom. The Bertz CT molecular complexity index is 687. The van der Waals surface area contributed by atoms with Crippen LogP contribution in [0.4, 0.5) is 0 Å². The molecule has 1 aliphatic rings. The molecule has 1 saturated heterocycles. The van der Waals surface area contributed by atoms with E-state index in [9.17, 15) is 4.79 Å². The van der Waals surface area contributed by atoms with Gasteiger partial charge >= 0.3 is 0 Å². The van der Waals surface area contributed by atoms with E-state index in [4.69, 9.17) is 0 Å². The van der Waals surface area contributed by atoms with Crippen LogP contribution in [-0.4, -0.2) is 49.9 Å². The summed E-state index contributed by atoms with van der Waals surface area (Å²) in [4.78, 5) is 14.3. The van der Waals surface area contributed by atoms with Crippen molar-refractivity contribution in [2.24, 2.45) is 5.92 Å². The summed E-state index contributed by atoms with van der Waals surface area (Å²) in [7, 11) is 0. The predicted molar refractivity (Wildman–Crippen MR) is 89.6 cm³/mol. The Kier molecular flexibility index (Phi) is 4.95. The van der Waals surface area contributed by atoms with E-state index in [1.165, 1.54) is 18.2 Å². The van der Waals surface area contributed by atoms with Crippen LogP contribution in [0.25, 0.3) is 5.69 Å². The second kappa shape index (κ2) is 7.12. The molecule has 122 valence electrons. The number of amides is 1. The minimum atomic E-state index is 0.167. The number of tetrazole rings is 1. The topological polar surface area (TPSA) is 63.9 Å². The van der Waals surface area contributed by atoms with Gasteiger partial charge in [0, 0.05) is 13.1 Å². The summed E-state index contributed by atoms with van der Waals surface area (Å²) < 4.78 is 1.68. The molecule has 1 unspecified atom stereocenters. The molecule has 1 amide bonds. The highest BCUT2D eigenvalue weighted by molar-refractivity contribution is 7.99. The van der Waals surface area contributed by atoms with Crippen LogP contribution in [0.2, 0.25) is 0 Å². The van der Waals surface area contributed by atoms with Crippen LogP contribution in [-0.2, 0) is 4.79 Å². The Hall–Kier alpha value is -1.89. The van der Waals surface area contributed by atoms with Gasteiger partial charge in [-0.2, -0.15) is 4.68 Å². The molecule has 1 aromatic carbocycles. The van der Waals surface area contributed by atoms with Crippen LogP contribution in [0.3, 0.4) is 0 Å². The van der Waals surface area contributed by atoms with Gasteiger partial charge in [0.2, 0.25) is 11.1 Å². The normalized spacial score (nSPS) is 18.2. The van der Waals surface area contributed by atoms with Gasteiger partial charge in [0.25, 0.3) is 0 Å². The molecule has 2 aromatic rings. The van der Waals surface area contributed by atoms with E-state index >= 15 is 0 Å². The van der Waals surface area contributed by atoms with E-state index < -0.39 is 0 Å². The zero-order chi connectivity index (χ0) is 16.2. The van der Waals surface area contributed by atoms with E-state index in [0.717, 1.165) is 30.8 Å². The molecule has 3 rings (SSSR count). The average molecular weight is 331 g/mol. The zero-order valence-electron chi connectivity index (χ0n) is 13.5. The fourth-order valence-electron chi connectivity index (χ4n) is 2.82. The summed E-state index contributed by atoms with van der Waals surface area (Å²) in [5.74, 6) is 1.13. The Labute approximate surface area is 140 Å². The molecule has 0 N–H and O–H groups in total. The third-order valence-corrected chi connectivity index (χ3v) is 4.93. The smallest absolute Gasteiger partial charge is 0.233 e. The molecule has 0 spiro atoms. The lowest BCUT2D eigenvalue weighted by molar-refractivity contribution is -0.130. The van der Waals surface area contributed by atoms with E-state index in [2.05, 4.69) is 22.4 Å². The second-order valence-corrected chi connectivity index (χ2v) is 7.03. The molecule has 2 heterocycles. The van der Waals surface area contributed by atoms with Crippen molar-refractivity contribution in [3.63, 3.8) is 0 Å². The van der Waals surface area contributed by atoms with Crippen molar-refractivity contribution in [3.8, 4) is 5.69 Å². The molecule has 0 radical (unpaired) electrons. The number of carbonyl (C=O) groups excluding carboxylic acids is 1. The van der Waals surface area contributed by atoms with E-state index in [1.807, 2.05) is 36.1 Å². The van der Waals surface area contributed by atoms with Crippen LogP contribution in [0.15, 0.2) is 29.4 Å². The molecule has 1 fully saturated rings. The standard InChI is InChI=1S/C16H21N5OS/c1-12-5-3-7-14(9-12)21-16(17-18-19-21)23-11-15(22)20-8-4-6-13(2)10-20/h3,5,7,9,13H,4,6,8,10-11H2,1-2H3.